The Bertz CT molecular complexity index is 280. The molecule has 1 aromatic rings. The van der Waals surface area contributed by atoms with Gasteiger partial charge in [0.2, 0.25) is 0 Å². The quantitative estimate of drug-likeness (QED) is 0.756. The zero-order valence-corrected chi connectivity index (χ0v) is 10.6. The largest absolute Gasteiger partial charge is 0.265 e. The molecule has 1 fully saturated rings. The van der Waals surface area contributed by atoms with Crippen molar-refractivity contribution in [1.82, 2.24) is 4.98 Å². The third-order valence-electron chi connectivity index (χ3n) is 3.34. The van der Waals surface area contributed by atoms with Crippen LogP contribution in [0, 0.1) is 5.92 Å². The van der Waals surface area contributed by atoms with Crippen LogP contribution in [0.5, 0.6) is 0 Å². The van der Waals surface area contributed by atoms with E-state index in [4.69, 9.17) is 0 Å². The van der Waals surface area contributed by atoms with Crippen LogP contribution in [-0.2, 0) is 6.42 Å². The molecular formula is C13H18BrN. The van der Waals surface area contributed by atoms with Crippen LogP contribution < -0.4 is 0 Å². The predicted molar refractivity (Wildman–Crippen MR) is 67.2 cm³/mol. The first-order valence-electron chi connectivity index (χ1n) is 5.89. The lowest BCUT2D eigenvalue weighted by Gasteiger charge is -2.26. The van der Waals surface area contributed by atoms with Crippen LogP contribution >= 0.6 is 15.9 Å². The lowest BCUT2D eigenvalue weighted by atomic mass is 9.85. The summed E-state index contributed by atoms with van der Waals surface area (Å²) in [7, 11) is 0. The number of alkyl halides is 1. The molecular weight excluding hydrogens is 250 g/mol. The highest BCUT2D eigenvalue weighted by atomic mass is 79.9. The van der Waals surface area contributed by atoms with Gasteiger partial charge in [-0.2, -0.15) is 0 Å². The maximum Gasteiger partial charge on any atom is 0.0270 e. The van der Waals surface area contributed by atoms with Crippen molar-refractivity contribution in [3.05, 3.63) is 30.1 Å². The molecule has 0 aliphatic heterocycles. The fourth-order valence-electron chi connectivity index (χ4n) is 2.41. The fraction of sp³-hybridized carbons (Fsp3) is 0.615. The van der Waals surface area contributed by atoms with Crippen LogP contribution in [0.1, 0.15) is 37.7 Å². The third kappa shape index (κ3) is 3.30. The molecule has 0 saturated heterocycles. The van der Waals surface area contributed by atoms with Gasteiger partial charge in [0.1, 0.15) is 0 Å². The van der Waals surface area contributed by atoms with Crippen molar-refractivity contribution in [1.29, 1.82) is 0 Å². The van der Waals surface area contributed by atoms with Crippen LogP contribution in [0.4, 0.5) is 0 Å². The molecule has 1 aliphatic carbocycles. The summed E-state index contributed by atoms with van der Waals surface area (Å²) in [6, 6.07) is 4.24. The Labute approximate surface area is 100 Å². The lowest BCUT2D eigenvalue weighted by Crippen LogP contribution is -2.19. The van der Waals surface area contributed by atoms with Gasteiger partial charge in [0.05, 0.1) is 0 Å². The Kier molecular flexibility index (Phi) is 4.18. The Hall–Kier alpha value is -0.370. The Morgan fingerprint density at radius 2 is 1.87 bits per heavy atom. The minimum absolute atomic E-state index is 0.653. The smallest absolute Gasteiger partial charge is 0.0270 e. The third-order valence-corrected chi connectivity index (χ3v) is 4.41. The van der Waals surface area contributed by atoms with E-state index in [1.54, 1.807) is 0 Å². The van der Waals surface area contributed by atoms with Crippen LogP contribution in [0.2, 0.25) is 0 Å². The first kappa shape index (κ1) is 11.1. The van der Waals surface area contributed by atoms with Crippen molar-refractivity contribution in [2.24, 2.45) is 5.92 Å². The number of halogens is 1. The second-order valence-corrected chi connectivity index (χ2v) is 5.65. The summed E-state index contributed by atoms with van der Waals surface area (Å²) in [6.45, 7) is 0. The number of hydrogen-bond donors (Lipinski definition) is 0. The highest BCUT2D eigenvalue weighted by Crippen LogP contribution is 2.31. The molecule has 0 spiro atoms. The van der Waals surface area contributed by atoms with Gasteiger partial charge < -0.3 is 0 Å². The van der Waals surface area contributed by atoms with Crippen molar-refractivity contribution < 1.29 is 0 Å². The summed E-state index contributed by atoms with van der Waals surface area (Å²) >= 11 is 3.86. The number of rotatable bonds is 3. The highest BCUT2D eigenvalue weighted by Gasteiger charge is 2.21. The second-order valence-electron chi connectivity index (χ2n) is 4.47. The molecule has 1 heterocycles. The molecule has 0 amide bonds. The molecule has 1 aromatic heterocycles. The van der Waals surface area contributed by atoms with Crippen molar-refractivity contribution >= 4 is 15.9 Å². The van der Waals surface area contributed by atoms with Gasteiger partial charge >= 0.3 is 0 Å². The van der Waals surface area contributed by atoms with E-state index in [-0.39, 0.29) is 0 Å². The van der Waals surface area contributed by atoms with Crippen LogP contribution in [-0.4, -0.2) is 9.81 Å². The van der Waals surface area contributed by atoms with Crippen molar-refractivity contribution in [3.8, 4) is 0 Å². The van der Waals surface area contributed by atoms with Crippen LogP contribution in [0.15, 0.2) is 24.5 Å². The van der Waals surface area contributed by atoms with Gasteiger partial charge in [-0.1, -0.05) is 35.2 Å². The topological polar surface area (TPSA) is 12.9 Å². The highest BCUT2D eigenvalue weighted by molar-refractivity contribution is 9.09. The maximum atomic E-state index is 4.05. The number of hydrogen-bond acceptors (Lipinski definition) is 1. The Balaban J connectivity index is 1.88. The molecule has 1 saturated carbocycles. The summed E-state index contributed by atoms with van der Waals surface area (Å²) in [4.78, 5) is 4.70. The van der Waals surface area contributed by atoms with Gasteiger partial charge in [0, 0.05) is 17.2 Å². The maximum absolute atomic E-state index is 4.05. The molecule has 1 aliphatic rings. The van der Waals surface area contributed by atoms with E-state index in [1.165, 1.54) is 37.7 Å². The molecule has 1 nitrogen and oxygen atoms in total. The monoisotopic (exact) mass is 267 g/mol. The van der Waals surface area contributed by atoms with Crippen LogP contribution in [0.25, 0.3) is 0 Å². The minimum Gasteiger partial charge on any atom is -0.265 e. The zero-order valence-electron chi connectivity index (χ0n) is 9.03. The first-order chi connectivity index (χ1) is 7.36. The van der Waals surface area contributed by atoms with E-state index in [9.17, 15) is 0 Å². The van der Waals surface area contributed by atoms with Gasteiger partial charge in [-0.3, -0.25) is 4.98 Å². The molecule has 2 heteroatoms. The van der Waals surface area contributed by atoms with Gasteiger partial charge in [-0.25, -0.2) is 0 Å². The van der Waals surface area contributed by atoms with E-state index in [0.717, 1.165) is 12.3 Å². The van der Waals surface area contributed by atoms with Crippen molar-refractivity contribution in [3.63, 3.8) is 0 Å². The Morgan fingerprint density at radius 1 is 1.20 bits per heavy atom. The number of pyridine rings is 1. The average molecular weight is 268 g/mol. The van der Waals surface area contributed by atoms with E-state index in [1.807, 2.05) is 12.4 Å². The summed E-state index contributed by atoms with van der Waals surface area (Å²) in [5.41, 5.74) is 1.40. The van der Waals surface area contributed by atoms with E-state index in [2.05, 4.69) is 33.0 Å². The van der Waals surface area contributed by atoms with Gasteiger partial charge in [-0.05, 0) is 42.9 Å². The summed E-state index contributed by atoms with van der Waals surface area (Å²) in [5, 5.41) is 0. The zero-order chi connectivity index (χ0) is 10.5. The molecule has 82 valence electrons. The SMILES string of the molecule is BrC(Cc1ccncc1)C1CCCCC1. The average Bonchev–Trinajstić information content (AvgIpc) is 2.31. The number of nitrogens with zero attached hydrogens (tertiary/aromatic N) is 1. The fourth-order valence-corrected chi connectivity index (χ4v) is 3.31. The van der Waals surface area contributed by atoms with Gasteiger partial charge in [-0.15, -0.1) is 0 Å². The molecule has 0 radical (unpaired) electrons. The molecule has 0 aromatic carbocycles. The molecule has 2 rings (SSSR count). The van der Waals surface area contributed by atoms with Gasteiger partial charge in [0.25, 0.3) is 0 Å². The molecule has 0 N–H and O–H groups in total. The first-order valence-corrected chi connectivity index (χ1v) is 6.81. The predicted octanol–water partition coefficient (Wildman–Crippen LogP) is 3.97. The summed E-state index contributed by atoms with van der Waals surface area (Å²) in [5.74, 6) is 0.881. The molecule has 1 unspecified atom stereocenters. The number of aromatic nitrogens is 1. The van der Waals surface area contributed by atoms with Crippen molar-refractivity contribution in [2.45, 2.75) is 43.4 Å². The van der Waals surface area contributed by atoms with E-state index >= 15 is 0 Å². The standard InChI is InChI=1S/C13H18BrN/c14-13(12-4-2-1-3-5-12)10-11-6-8-15-9-7-11/h6-9,12-13H,1-5,10H2. The van der Waals surface area contributed by atoms with Gasteiger partial charge in [0.15, 0.2) is 0 Å². The molecule has 1 atom stereocenters. The van der Waals surface area contributed by atoms with E-state index in [0.29, 0.717) is 4.83 Å². The van der Waals surface area contributed by atoms with Crippen LogP contribution in [0.3, 0.4) is 0 Å². The Morgan fingerprint density at radius 3 is 2.53 bits per heavy atom. The summed E-state index contributed by atoms with van der Waals surface area (Å²) < 4.78 is 0. The lowest BCUT2D eigenvalue weighted by molar-refractivity contribution is 0.350. The van der Waals surface area contributed by atoms with Crippen molar-refractivity contribution in [2.75, 3.05) is 0 Å². The normalized spacial score (nSPS) is 20.1. The minimum atomic E-state index is 0.653. The molecule has 15 heavy (non-hydrogen) atoms. The molecule has 0 bridgehead atoms. The van der Waals surface area contributed by atoms with E-state index < -0.39 is 0 Å². The second kappa shape index (κ2) is 5.64. The summed E-state index contributed by atoms with van der Waals surface area (Å²) in [6.07, 6.45) is 12.0.